The van der Waals surface area contributed by atoms with Crippen molar-refractivity contribution in [3.05, 3.63) is 29.5 Å². The van der Waals surface area contributed by atoms with Gasteiger partial charge >= 0.3 is 6.18 Å². The van der Waals surface area contributed by atoms with Crippen molar-refractivity contribution in [1.82, 2.24) is 19.7 Å². The number of aliphatic hydroxyl groups is 2. The lowest BCUT2D eigenvalue weighted by Crippen LogP contribution is -2.47. The number of phenols is 1. The van der Waals surface area contributed by atoms with E-state index in [0.29, 0.717) is 13.1 Å². The van der Waals surface area contributed by atoms with E-state index in [1.165, 1.54) is 17.9 Å². The fourth-order valence-electron chi connectivity index (χ4n) is 3.66. The molecule has 172 valence electrons. The van der Waals surface area contributed by atoms with E-state index in [-0.39, 0.29) is 48.2 Å². The molecule has 4 rings (SSSR count). The van der Waals surface area contributed by atoms with Gasteiger partial charge < -0.3 is 20.2 Å². The number of benzene rings is 1. The van der Waals surface area contributed by atoms with Crippen molar-refractivity contribution in [3.8, 4) is 17.0 Å². The van der Waals surface area contributed by atoms with Gasteiger partial charge in [-0.05, 0) is 18.9 Å². The SMILES string of the molecule is Cn1nc(-c2cc(C(F)(F)F)c(F)c(O)c2F)c2cnc(N3CCC(O)(CO)CC3)nc21. The predicted molar refractivity (Wildman–Crippen MR) is 102 cm³/mol. The molecular formula is C19H18F5N5O3. The van der Waals surface area contributed by atoms with Crippen LogP contribution in [0.1, 0.15) is 18.4 Å². The van der Waals surface area contributed by atoms with Crippen LogP contribution in [0.5, 0.6) is 5.75 Å². The topological polar surface area (TPSA) is 108 Å². The third kappa shape index (κ3) is 3.60. The summed E-state index contributed by atoms with van der Waals surface area (Å²) in [5, 5.41) is 33.1. The first kappa shape index (κ1) is 22.1. The van der Waals surface area contributed by atoms with Crippen LogP contribution in [-0.2, 0) is 13.2 Å². The van der Waals surface area contributed by atoms with Crippen LogP contribution in [0, 0.1) is 11.6 Å². The molecule has 3 aromatic rings. The highest BCUT2D eigenvalue weighted by Gasteiger charge is 2.38. The number of hydrogen-bond donors (Lipinski definition) is 3. The second-order valence-electron chi connectivity index (χ2n) is 7.70. The number of phenolic OH excluding ortho intramolecular Hbond substituents is 1. The van der Waals surface area contributed by atoms with Gasteiger partial charge in [-0.25, -0.2) is 18.4 Å². The van der Waals surface area contributed by atoms with Crippen LogP contribution in [0.2, 0.25) is 0 Å². The second kappa shape index (κ2) is 7.52. The predicted octanol–water partition coefficient (Wildman–Crippen LogP) is 2.36. The van der Waals surface area contributed by atoms with Crippen LogP contribution in [0.15, 0.2) is 12.3 Å². The molecule has 0 unspecified atom stereocenters. The van der Waals surface area contributed by atoms with Crippen LogP contribution >= 0.6 is 0 Å². The van der Waals surface area contributed by atoms with Crippen LogP contribution in [0.4, 0.5) is 27.9 Å². The normalized spacial score (nSPS) is 16.7. The van der Waals surface area contributed by atoms with Crippen molar-refractivity contribution < 1.29 is 37.3 Å². The average Bonchev–Trinajstić information content (AvgIpc) is 3.07. The van der Waals surface area contributed by atoms with Gasteiger partial charge in [0.05, 0.1) is 23.2 Å². The molecule has 8 nitrogen and oxygen atoms in total. The number of hydrogen-bond acceptors (Lipinski definition) is 7. The molecule has 13 heteroatoms. The van der Waals surface area contributed by atoms with Gasteiger partial charge in [0.15, 0.2) is 23.0 Å². The molecule has 32 heavy (non-hydrogen) atoms. The molecule has 1 saturated heterocycles. The third-order valence-corrected chi connectivity index (χ3v) is 5.58. The first-order valence-electron chi connectivity index (χ1n) is 9.51. The minimum absolute atomic E-state index is 0.0955. The molecule has 2 aromatic heterocycles. The van der Waals surface area contributed by atoms with Gasteiger partial charge in [-0.3, -0.25) is 0 Å². The van der Waals surface area contributed by atoms with Crippen LogP contribution in [0.3, 0.4) is 0 Å². The summed E-state index contributed by atoms with van der Waals surface area (Å²) in [6, 6.07) is 0.250. The minimum Gasteiger partial charge on any atom is -0.503 e. The molecule has 1 fully saturated rings. The van der Waals surface area contributed by atoms with Crippen LogP contribution < -0.4 is 4.90 Å². The summed E-state index contributed by atoms with van der Waals surface area (Å²) in [5.74, 6) is -5.19. The Balaban J connectivity index is 1.78. The van der Waals surface area contributed by atoms with Gasteiger partial charge in [0.2, 0.25) is 5.95 Å². The van der Waals surface area contributed by atoms with E-state index in [2.05, 4.69) is 15.1 Å². The Bertz CT molecular complexity index is 1190. The molecule has 1 aliphatic rings. The Labute approximate surface area is 177 Å². The summed E-state index contributed by atoms with van der Waals surface area (Å²) in [5.41, 5.74) is -3.87. The van der Waals surface area contributed by atoms with Gasteiger partial charge in [0.25, 0.3) is 0 Å². The largest absolute Gasteiger partial charge is 0.503 e. The number of piperidine rings is 1. The summed E-state index contributed by atoms with van der Waals surface area (Å²) < 4.78 is 69.0. The highest BCUT2D eigenvalue weighted by molar-refractivity contribution is 5.91. The fourth-order valence-corrected chi connectivity index (χ4v) is 3.66. The highest BCUT2D eigenvalue weighted by atomic mass is 19.4. The molecule has 0 amide bonds. The number of alkyl halides is 3. The zero-order chi connectivity index (χ0) is 23.4. The Morgan fingerprint density at radius 3 is 2.41 bits per heavy atom. The lowest BCUT2D eigenvalue weighted by atomic mass is 9.93. The van der Waals surface area contributed by atoms with Crippen molar-refractivity contribution in [2.75, 3.05) is 24.6 Å². The van der Waals surface area contributed by atoms with Gasteiger partial charge in [-0.15, -0.1) is 0 Å². The van der Waals surface area contributed by atoms with E-state index in [1.807, 2.05) is 0 Å². The van der Waals surface area contributed by atoms with Crippen molar-refractivity contribution in [3.63, 3.8) is 0 Å². The van der Waals surface area contributed by atoms with Crippen molar-refractivity contribution in [2.45, 2.75) is 24.6 Å². The first-order chi connectivity index (χ1) is 14.9. The lowest BCUT2D eigenvalue weighted by Gasteiger charge is -2.36. The van der Waals surface area contributed by atoms with E-state index in [0.717, 1.165) is 0 Å². The molecule has 0 atom stereocenters. The maximum absolute atomic E-state index is 14.5. The quantitative estimate of drug-likeness (QED) is 0.516. The lowest BCUT2D eigenvalue weighted by molar-refractivity contribution is -0.140. The number of nitrogens with zero attached hydrogens (tertiary/aromatic N) is 5. The van der Waals surface area contributed by atoms with E-state index >= 15 is 0 Å². The Morgan fingerprint density at radius 1 is 1.16 bits per heavy atom. The average molecular weight is 459 g/mol. The zero-order valence-electron chi connectivity index (χ0n) is 16.7. The monoisotopic (exact) mass is 459 g/mol. The summed E-state index contributed by atoms with van der Waals surface area (Å²) in [7, 11) is 1.44. The fraction of sp³-hybridized carbons (Fsp3) is 0.421. The Morgan fingerprint density at radius 2 is 1.81 bits per heavy atom. The van der Waals surface area contributed by atoms with Gasteiger partial charge in [0, 0.05) is 31.9 Å². The van der Waals surface area contributed by atoms with E-state index in [9.17, 15) is 37.3 Å². The summed E-state index contributed by atoms with van der Waals surface area (Å²) >= 11 is 0. The Kier molecular flexibility index (Phi) is 5.20. The number of aromatic hydroxyl groups is 1. The third-order valence-electron chi connectivity index (χ3n) is 5.58. The highest BCUT2D eigenvalue weighted by Crippen LogP contribution is 2.41. The van der Waals surface area contributed by atoms with Crippen molar-refractivity contribution >= 4 is 17.0 Å². The van der Waals surface area contributed by atoms with Gasteiger partial charge in [-0.1, -0.05) is 0 Å². The molecule has 1 aromatic carbocycles. The molecule has 1 aliphatic heterocycles. The molecule has 0 bridgehead atoms. The van der Waals surface area contributed by atoms with Crippen molar-refractivity contribution in [2.24, 2.45) is 7.05 Å². The van der Waals surface area contributed by atoms with Crippen LogP contribution in [0.25, 0.3) is 22.3 Å². The molecule has 3 N–H and O–H groups in total. The molecular weight excluding hydrogens is 441 g/mol. The number of aromatic nitrogens is 4. The number of fused-ring (bicyclic) bond motifs is 1. The maximum atomic E-state index is 14.5. The smallest absolute Gasteiger partial charge is 0.419 e. The first-order valence-corrected chi connectivity index (χ1v) is 9.51. The maximum Gasteiger partial charge on any atom is 0.419 e. The van der Waals surface area contributed by atoms with Crippen LogP contribution in [-0.4, -0.2) is 60.4 Å². The van der Waals surface area contributed by atoms with E-state index in [4.69, 9.17) is 0 Å². The molecule has 3 heterocycles. The van der Waals surface area contributed by atoms with Gasteiger partial charge in [-0.2, -0.15) is 23.3 Å². The number of aliphatic hydroxyl groups excluding tert-OH is 1. The summed E-state index contributed by atoms with van der Waals surface area (Å²) in [6.07, 6.45) is -3.35. The number of rotatable bonds is 3. The van der Waals surface area contributed by atoms with Gasteiger partial charge in [0.1, 0.15) is 5.69 Å². The van der Waals surface area contributed by atoms with E-state index in [1.54, 1.807) is 4.90 Å². The van der Waals surface area contributed by atoms with Crippen molar-refractivity contribution in [1.29, 1.82) is 0 Å². The summed E-state index contributed by atoms with van der Waals surface area (Å²) in [6.45, 7) is 0.327. The number of halogens is 5. The molecule has 0 aliphatic carbocycles. The Hall–Kier alpha value is -3.06. The molecule has 0 saturated carbocycles. The number of aryl methyl sites for hydroxylation is 1. The van der Waals surface area contributed by atoms with E-state index < -0.39 is 40.3 Å². The second-order valence-corrected chi connectivity index (χ2v) is 7.70. The zero-order valence-corrected chi connectivity index (χ0v) is 16.7. The standard InChI is InChI=1S/C19H18F5N5O3/c1-28-16-10(7-25-17(26-16)29-4-2-18(32,8-30)3-5-29)14(27-28)9-6-11(19(22,23)24)13(21)15(31)12(9)20/h6-7,30-32H,2-5,8H2,1H3. The number of anilines is 1. The minimum atomic E-state index is -5.16. The molecule has 0 spiro atoms. The summed E-state index contributed by atoms with van der Waals surface area (Å²) in [4.78, 5) is 10.3. The molecule has 0 radical (unpaired) electrons.